The number of carbonyl (C=O) groups is 1. The molecule has 1 saturated carbocycles. The van der Waals surface area contributed by atoms with Gasteiger partial charge in [-0.1, -0.05) is 6.92 Å². The second-order valence-corrected chi connectivity index (χ2v) is 6.09. The van der Waals surface area contributed by atoms with E-state index in [-0.39, 0.29) is 5.92 Å². The quantitative estimate of drug-likeness (QED) is 0.886. The predicted molar refractivity (Wildman–Crippen MR) is 71.0 cm³/mol. The molecule has 4 heteroatoms. The largest absolute Gasteiger partial charge is 0.481 e. The van der Waals surface area contributed by atoms with E-state index < -0.39 is 5.97 Å². The molecule has 2 aliphatic rings. The summed E-state index contributed by atoms with van der Waals surface area (Å²) >= 11 is 0. The van der Waals surface area contributed by atoms with Crippen molar-refractivity contribution in [2.45, 2.75) is 26.2 Å². The van der Waals surface area contributed by atoms with E-state index >= 15 is 0 Å². The minimum atomic E-state index is -0.603. The van der Waals surface area contributed by atoms with Gasteiger partial charge in [0.05, 0.1) is 5.92 Å². The number of carboxylic acid groups (broad SMARTS) is 1. The van der Waals surface area contributed by atoms with Crippen molar-refractivity contribution in [3.8, 4) is 0 Å². The highest BCUT2D eigenvalue weighted by Gasteiger charge is 2.59. The number of likely N-dealkylation sites (tertiary alicyclic amines) is 1. The molecule has 1 N–H and O–H groups in total. The normalized spacial score (nSPS) is 31.2. The summed E-state index contributed by atoms with van der Waals surface area (Å²) in [4.78, 5) is 13.3. The standard InChI is InChI=1S/C15H21NO3/c1-9(13-4-3-10(2)19-13)5-6-16-7-11-12(8-16)14(11)15(17)18/h3-4,9,11-12,14H,5-8H2,1-2H3,(H,17,18)/t9-,11-,12+,14?/m1/s1. The fourth-order valence-corrected chi connectivity index (χ4v) is 3.40. The molecular weight excluding hydrogens is 242 g/mol. The average Bonchev–Trinajstić information content (AvgIpc) is 2.75. The van der Waals surface area contributed by atoms with Gasteiger partial charge in [0.25, 0.3) is 0 Å². The Hall–Kier alpha value is -1.29. The first kappa shape index (κ1) is 12.7. The van der Waals surface area contributed by atoms with E-state index in [1.165, 1.54) is 0 Å². The highest BCUT2D eigenvalue weighted by atomic mass is 16.4. The van der Waals surface area contributed by atoms with E-state index in [1.54, 1.807) is 0 Å². The maximum Gasteiger partial charge on any atom is 0.307 e. The summed E-state index contributed by atoms with van der Waals surface area (Å²) in [5.74, 6) is 2.63. The van der Waals surface area contributed by atoms with Crippen LogP contribution in [0.1, 0.15) is 30.8 Å². The molecule has 0 amide bonds. The van der Waals surface area contributed by atoms with Gasteiger partial charge in [0.2, 0.25) is 0 Å². The van der Waals surface area contributed by atoms with Crippen LogP contribution in [0.15, 0.2) is 16.5 Å². The molecule has 1 aromatic heterocycles. The molecule has 1 unspecified atom stereocenters. The number of hydrogen-bond donors (Lipinski definition) is 1. The first-order chi connectivity index (χ1) is 9.06. The molecule has 4 nitrogen and oxygen atoms in total. The molecule has 3 rings (SSSR count). The number of carboxylic acids is 1. The van der Waals surface area contributed by atoms with Gasteiger partial charge in [-0.2, -0.15) is 0 Å². The molecule has 104 valence electrons. The zero-order valence-electron chi connectivity index (χ0n) is 11.5. The topological polar surface area (TPSA) is 53.7 Å². The third kappa shape index (κ3) is 2.41. The van der Waals surface area contributed by atoms with Gasteiger partial charge in [-0.25, -0.2) is 0 Å². The summed E-state index contributed by atoms with van der Waals surface area (Å²) in [7, 11) is 0. The lowest BCUT2D eigenvalue weighted by molar-refractivity contribution is -0.139. The molecule has 1 aliphatic heterocycles. The molecule has 2 heterocycles. The van der Waals surface area contributed by atoms with Gasteiger partial charge in [0, 0.05) is 19.0 Å². The summed E-state index contributed by atoms with van der Waals surface area (Å²) in [5.41, 5.74) is 0. The fourth-order valence-electron chi connectivity index (χ4n) is 3.40. The lowest BCUT2D eigenvalue weighted by Crippen LogP contribution is -2.28. The Morgan fingerprint density at radius 2 is 2.16 bits per heavy atom. The fraction of sp³-hybridized carbons (Fsp3) is 0.667. The van der Waals surface area contributed by atoms with E-state index in [0.29, 0.717) is 17.8 Å². The number of piperidine rings is 1. The van der Waals surface area contributed by atoms with Gasteiger partial charge in [-0.15, -0.1) is 0 Å². The molecule has 0 radical (unpaired) electrons. The maximum absolute atomic E-state index is 10.9. The average molecular weight is 263 g/mol. The van der Waals surface area contributed by atoms with Crippen LogP contribution in [-0.4, -0.2) is 35.6 Å². The van der Waals surface area contributed by atoms with E-state index in [1.807, 2.05) is 13.0 Å². The molecule has 1 saturated heterocycles. The Morgan fingerprint density at radius 3 is 2.68 bits per heavy atom. The van der Waals surface area contributed by atoms with Crippen LogP contribution in [0.3, 0.4) is 0 Å². The van der Waals surface area contributed by atoms with Crippen molar-refractivity contribution in [2.75, 3.05) is 19.6 Å². The number of aryl methyl sites for hydroxylation is 1. The summed E-state index contributed by atoms with van der Waals surface area (Å²) in [5, 5.41) is 8.98. The molecule has 2 fully saturated rings. The molecule has 0 aromatic carbocycles. The van der Waals surface area contributed by atoms with Crippen molar-refractivity contribution < 1.29 is 14.3 Å². The van der Waals surface area contributed by atoms with Crippen molar-refractivity contribution in [1.82, 2.24) is 4.90 Å². The van der Waals surface area contributed by atoms with E-state index in [2.05, 4.69) is 17.9 Å². The molecule has 19 heavy (non-hydrogen) atoms. The van der Waals surface area contributed by atoms with Crippen molar-refractivity contribution in [3.05, 3.63) is 23.7 Å². The Morgan fingerprint density at radius 1 is 1.47 bits per heavy atom. The lowest BCUT2D eigenvalue weighted by atomic mass is 10.0. The lowest BCUT2D eigenvalue weighted by Gasteiger charge is -2.20. The SMILES string of the molecule is Cc1ccc([C@H](C)CCN2C[C@@H]3C(C(=O)O)[C@@H]3C2)o1. The first-order valence-electron chi connectivity index (χ1n) is 7.07. The van der Waals surface area contributed by atoms with Gasteiger partial charge in [0.1, 0.15) is 11.5 Å². The summed E-state index contributed by atoms with van der Waals surface area (Å²) < 4.78 is 5.64. The number of aliphatic carboxylic acids is 1. The zero-order chi connectivity index (χ0) is 13.6. The first-order valence-corrected chi connectivity index (χ1v) is 7.07. The van der Waals surface area contributed by atoms with E-state index in [0.717, 1.165) is 37.6 Å². The highest BCUT2D eigenvalue weighted by molar-refractivity contribution is 5.74. The summed E-state index contributed by atoms with van der Waals surface area (Å²) in [6.45, 7) is 7.13. The van der Waals surface area contributed by atoms with Gasteiger partial charge >= 0.3 is 5.97 Å². The Bertz CT molecular complexity index is 469. The zero-order valence-corrected chi connectivity index (χ0v) is 11.5. The van der Waals surface area contributed by atoms with Crippen molar-refractivity contribution in [2.24, 2.45) is 17.8 Å². The van der Waals surface area contributed by atoms with Crippen molar-refractivity contribution in [1.29, 1.82) is 0 Å². The van der Waals surface area contributed by atoms with Crippen LogP contribution in [0, 0.1) is 24.7 Å². The molecule has 1 aliphatic carbocycles. The molecule has 0 bridgehead atoms. The molecular formula is C15H21NO3. The van der Waals surface area contributed by atoms with E-state index in [4.69, 9.17) is 9.52 Å². The van der Waals surface area contributed by atoms with Gasteiger partial charge in [0.15, 0.2) is 0 Å². The van der Waals surface area contributed by atoms with Gasteiger partial charge in [-0.05, 0) is 43.9 Å². The van der Waals surface area contributed by atoms with Crippen LogP contribution in [0.5, 0.6) is 0 Å². The van der Waals surface area contributed by atoms with Crippen LogP contribution in [0.25, 0.3) is 0 Å². The predicted octanol–water partition coefficient (Wildman–Crippen LogP) is 2.34. The third-order valence-electron chi connectivity index (χ3n) is 4.68. The molecule has 4 atom stereocenters. The van der Waals surface area contributed by atoms with Crippen molar-refractivity contribution in [3.63, 3.8) is 0 Å². The van der Waals surface area contributed by atoms with E-state index in [9.17, 15) is 4.79 Å². The number of nitrogens with zero attached hydrogens (tertiary/aromatic N) is 1. The second-order valence-electron chi connectivity index (χ2n) is 6.09. The number of fused-ring (bicyclic) bond motifs is 1. The number of hydrogen-bond acceptors (Lipinski definition) is 3. The van der Waals surface area contributed by atoms with Gasteiger partial charge in [-0.3, -0.25) is 4.79 Å². The van der Waals surface area contributed by atoms with Crippen LogP contribution < -0.4 is 0 Å². The smallest absolute Gasteiger partial charge is 0.307 e. The Kier molecular flexibility index (Phi) is 3.13. The summed E-state index contributed by atoms with van der Waals surface area (Å²) in [6.07, 6.45) is 1.07. The number of furan rings is 1. The minimum Gasteiger partial charge on any atom is -0.481 e. The van der Waals surface area contributed by atoms with Crippen molar-refractivity contribution >= 4 is 5.97 Å². The van der Waals surface area contributed by atoms with Crippen LogP contribution in [-0.2, 0) is 4.79 Å². The molecule has 1 aromatic rings. The maximum atomic E-state index is 10.9. The third-order valence-corrected chi connectivity index (χ3v) is 4.68. The Labute approximate surface area is 113 Å². The van der Waals surface area contributed by atoms with Crippen LogP contribution in [0.4, 0.5) is 0 Å². The van der Waals surface area contributed by atoms with Gasteiger partial charge < -0.3 is 14.4 Å². The van der Waals surface area contributed by atoms with Crippen LogP contribution in [0.2, 0.25) is 0 Å². The Balaban J connectivity index is 1.44. The minimum absolute atomic E-state index is 0.0543. The number of rotatable bonds is 5. The highest BCUT2D eigenvalue weighted by Crippen LogP contribution is 2.51. The molecule has 0 spiro atoms. The second kappa shape index (κ2) is 4.67. The monoisotopic (exact) mass is 263 g/mol. The van der Waals surface area contributed by atoms with Crippen LogP contribution >= 0.6 is 0 Å². The summed E-state index contributed by atoms with van der Waals surface area (Å²) in [6, 6.07) is 4.07.